The van der Waals surface area contributed by atoms with Gasteiger partial charge in [-0.05, 0) is 67.9 Å². The zero-order chi connectivity index (χ0) is 30.2. The molecule has 1 aromatic carbocycles. The highest BCUT2D eigenvalue weighted by molar-refractivity contribution is 5.87. The lowest BCUT2D eigenvalue weighted by Gasteiger charge is -2.29. The summed E-state index contributed by atoms with van der Waals surface area (Å²) in [6.07, 6.45) is 6.15. The van der Waals surface area contributed by atoms with Gasteiger partial charge in [0, 0.05) is 13.2 Å². The van der Waals surface area contributed by atoms with Crippen molar-refractivity contribution in [3.63, 3.8) is 0 Å². The van der Waals surface area contributed by atoms with E-state index >= 15 is 0 Å². The summed E-state index contributed by atoms with van der Waals surface area (Å²) in [6.45, 7) is 3.98. The first-order valence-electron chi connectivity index (χ1n) is 15.8. The molecule has 0 spiro atoms. The van der Waals surface area contributed by atoms with Crippen LogP contribution < -0.4 is 9.47 Å². The molecule has 3 heterocycles. The van der Waals surface area contributed by atoms with E-state index in [-0.39, 0.29) is 36.9 Å². The van der Waals surface area contributed by atoms with E-state index in [4.69, 9.17) is 28.9 Å². The van der Waals surface area contributed by atoms with Gasteiger partial charge in [0.05, 0.1) is 37.0 Å². The first-order chi connectivity index (χ1) is 20.8. The molecule has 2 bridgehead atoms. The summed E-state index contributed by atoms with van der Waals surface area (Å²) in [7, 11) is 3.12. The molecule has 2 unspecified atom stereocenters. The van der Waals surface area contributed by atoms with E-state index in [1.807, 2.05) is 32.0 Å². The third-order valence-corrected chi connectivity index (χ3v) is 10.1. The highest BCUT2D eigenvalue weighted by Crippen LogP contribution is 2.57. The normalized spacial score (nSPS) is 33.1. The number of benzene rings is 1. The van der Waals surface area contributed by atoms with Crippen LogP contribution in [0.5, 0.6) is 11.6 Å². The van der Waals surface area contributed by atoms with Crippen molar-refractivity contribution in [2.24, 2.45) is 29.6 Å². The molecule has 0 radical (unpaired) electrons. The molecule has 0 N–H and O–H groups in total. The summed E-state index contributed by atoms with van der Waals surface area (Å²) in [5.41, 5.74) is 2.13. The Kier molecular flexibility index (Phi) is 8.58. The Morgan fingerprint density at radius 3 is 2.58 bits per heavy atom. The van der Waals surface area contributed by atoms with Crippen LogP contribution in [0.3, 0.4) is 0 Å². The van der Waals surface area contributed by atoms with Crippen LogP contribution in [0.2, 0.25) is 0 Å². The number of hydrogen-bond acceptors (Lipinski definition) is 9. The fourth-order valence-corrected chi connectivity index (χ4v) is 7.60. The van der Waals surface area contributed by atoms with Crippen LogP contribution in [0, 0.1) is 29.6 Å². The lowest BCUT2D eigenvalue weighted by atomic mass is 9.90. The molecule has 10 nitrogen and oxygen atoms in total. The van der Waals surface area contributed by atoms with E-state index in [0.29, 0.717) is 41.3 Å². The second kappa shape index (κ2) is 12.4. The maximum atomic E-state index is 14.0. The van der Waals surface area contributed by atoms with Crippen LogP contribution >= 0.6 is 0 Å². The number of aromatic nitrogens is 2. The minimum absolute atomic E-state index is 0.0115. The Balaban J connectivity index is 1.34. The molecule has 8 atom stereocenters. The molecular formula is C33H43N3O7. The third kappa shape index (κ3) is 5.95. The second-order valence-electron chi connectivity index (χ2n) is 13.0. The van der Waals surface area contributed by atoms with Crippen molar-refractivity contribution in [2.45, 2.75) is 89.6 Å². The minimum Gasteiger partial charge on any atom is -0.497 e. The summed E-state index contributed by atoms with van der Waals surface area (Å²) < 4.78 is 23.7. The molecule has 43 heavy (non-hydrogen) atoms. The average molecular weight is 594 g/mol. The first kappa shape index (κ1) is 29.8. The second-order valence-corrected chi connectivity index (χ2v) is 13.0. The number of fused-ring (bicyclic) bond motifs is 7. The highest BCUT2D eigenvalue weighted by atomic mass is 16.5. The monoisotopic (exact) mass is 593 g/mol. The highest BCUT2D eigenvalue weighted by Gasteiger charge is 2.54. The van der Waals surface area contributed by atoms with Crippen molar-refractivity contribution in [1.29, 1.82) is 0 Å². The lowest BCUT2D eigenvalue weighted by molar-refractivity contribution is -0.157. The Bertz CT molecular complexity index is 1370. The molecule has 1 saturated heterocycles. The Hall–Kier alpha value is -3.27. The maximum absolute atomic E-state index is 14.0. The van der Waals surface area contributed by atoms with Crippen molar-refractivity contribution in [3.8, 4) is 11.6 Å². The molecule has 2 aliphatic carbocycles. The number of amides is 1. The largest absolute Gasteiger partial charge is 0.497 e. The number of esters is 1. The van der Waals surface area contributed by atoms with E-state index in [1.165, 1.54) is 18.4 Å². The quantitative estimate of drug-likeness (QED) is 0.381. The van der Waals surface area contributed by atoms with Gasteiger partial charge in [0.25, 0.3) is 0 Å². The van der Waals surface area contributed by atoms with Crippen LogP contribution in [0.1, 0.15) is 64.5 Å². The van der Waals surface area contributed by atoms with Crippen molar-refractivity contribution < 1.29 is 33.3 Å². The third-order valence-electron chi connectivity index (χ3n) is 10.1. The van der Waals surface area contributed by atoms with Gasteiger partial charge in [0.1, 0.15) is 42.1 Å². The molecule has 2 aliphatic heterocycles. The van der Waals surface area contributed by atoms with E-state index < -0.39 is 24.2 Å². The lowest BCUT2D eigenvalue weighted by Crippen LogP contribution is -2.46. The minimum atomic E-state index is -0.856. The van der Waals surface area contributed by atoms with Crippen molar-refractivity contribution in [1.82, 2.24) is 14.9 Å². The van der Waals surface area contributed by atoms with Gasteiger partial charge in [-0.2, -0.15) is 0 Å². The number of aryl methyl sites for hydroxylation is 1. The zero-order valence-corrected chi connectivity index (χ0v) is 25.6. The topological polar surface area (TPSA) is 117 Å². The Morgan fingerprint density at radius 2 is 1.84 bits per heavy atom. The molecule has 3 fully saturated rings. The predicted molar refractivity (Wildman–Crippen MR) is 158 cm³/mol. The molecular weight excluding hydrogens is 550 g/mol. The van der Waals surface area contributed by atoms with Gasteiger partial charge in [0.2, 0.25) is 11.8 Å². The standard InChI is InChI=1S/C33H43N3O7/c1-18(2)22-15-30(38)42-28-13-19-12-23(19)21(28)8-6-5-7-9-25-32(35-26-14-20(40-3)10-11-24(26)34-25)43-29-16-36(33(22)39)27(17-37)31(29)41-4/h10-11,14,17-19,21-23,27-29,31H,5-9,12-13,15-16H2,1-4H3/t19?,21-,22+,23?,27-,28-,29+,31+/m1/s1. The fraction of sp³-hybridized carbons (Fsp3) is 0.667. The number of carbonyl (C=O) groups is 3. The molecule has 4 aliphatic rings. The number of aldehydes is 1. The van der Waals surface area contributed by atoms with Gasteiger partial charge in [-0.1, -0.05) is 26.7 Å². The summed E-state index contributed by atoms with van der Waals surface area (Å²) in [4.78, 5) is 50.9. The van der Waals surface area contributed by atoms with Gasteiger partial charge in [-0.25, -0.2) is 9.97 Å². The Labute approximate surface area is 252 Å². The molecule has 6 rings (SSSR count). The maximum Gasteiger partial charge on any atom is 0.306 e. The van der Waals surface area contributed by atoms with Crippen LogP contribution in [0.4, 0.5) is 0 Å². The molecule has 1 amide bonds. The van der Waals surface area contributed by atoms with Crippen molar-refractivity contribution in [3.05, 3.63) is 23.9 Å². The molecule has 2 aromatic rings. The number of methoxy groups -OCH3 is 2. The number of rotatable bonds is 4. The van der Waals surface area contributed by atoms with Gasteiger partial charge in [-0.15, -0.1) is 0 Å². The summed E-state index contributed by atoms with van der Waals surface area (Å²) >= 11 is 0. The van der Waals surface area contributed by atoms with E-state index in [0.717, 1.165) is 49.6 Å². The van der Waals surface area contributed by atoms with Crippen LogP contribution in [-0.4, -0.2) is 78.1 Å². The number of ether oxygens (including phenoxy) is 4. The SMILES string of the molecule is COc1ccc2nc3c(nc2c1)O[C@H]1CN(C(=O)[C@H](C(C)C)CC(=O)O[C@@H]2CC4CC4[C@H]2CCCCC3)[C@H](C=O)[C@@H]1OC. The van der Waals surface area contributed by atoms with Gasteiger partial charge >= 0.3 is 5.97 Å². The van der Waals surface area contributed by atoms with Crippen LogP contribution in [0.25, 0.3) is 11.0 Å². The smallest absolute Gasteiger partial charge is 0.306 e. The van der Waals surface area contributed by atoms with Crippen molar-refractivity contribution >= 4 is 29.2 Å². The van der Waals surface area contributed by atoms with Gasteiger partial charge < -0.3 is 28.6 Å². The molecule has 1 aromatic heterocycles. The van der Waals surface area contributed by atoms with Crippen LogP contribution in [-0.2, 0) is 30.3 Å². The molecule has 10 heteroatoms. The van der Waals surface area contributed by atoms with Gasteiger partial charge in [0.15, 0.2) is 0 Å². The summed E-state index contributed by atoms with van der Waals surface area (Å²) in [5, 5.41) is 0. The number of nitrogens with zero attached hydrogens (tertiary/aromatic N) is 3. The first-order valence-corrected chi connectivity index (χ1v) is 15.8. The summed E-state index contributed by atoms with van der Waals surface area (Å²) in [5.74, 6) is 1.40. The zero-order valence-electron chi connectivity index (χ0n) is 25.6. The Morgan fingerprint density at radius 1 is 1.00 bits per heavy atom. The number of hydrogen-bond donors (Lipinski definition) is 0. The number of carbonyl (C=O) groups excluding carboxylic acids is 3. The van der Waals surface area contributed by atoms with Gasteiger partial charge in [-0.3, -0.25) is 9.59 Å². The van der Waals surface area contributed by atoms with Crippen LogP contribution in [0.15, 0.2) is 18.2 Å². The fourth-order valence-electron chi connectivity index (χ4n) is 7.60. The predicted octanol–water partition coefficient (Wildman–Crippen LogP) is 4.16. The van der Waals surface area contributed by atoms with Crippen molar-refractivity contribution in [2.75, 3.05) is 20.8 Å². The van der Waals surface area contributed by atoms with E-state index in [2.05, 4.69) is 0 Å². The van der Waals surface area contributed by atoms with E-state index in [1.54, 1.807) is 7.11 Å². The molecule has 232 valence electrons. The van der Waals surface area contributed by atoms with E-state index in [9.17, 15) is 14.4 Å². The molecule has 2 saturated carbocycles. The average Bonchev–Trinajstić information content (AvgIpc) is 3.54. The summed E-state index contributed by atoms with van der Waals surface area (Å²) in [6, 6.07) is 4.72.